The molecule has 0 aliphatic heterocycles. The number of amides is 2. The highest BCUT2D eigenvalue weighted by atomic mass is 32.1. The SMILES string of the molecule is CCCOc1cc(C(=O)Nc2nccs2)ccc1NC(=O)CC(C)(C)C. The third kappa shape index (κ3) is 6.15. The summed E-state index contributed by atoms with van der Waals surface area (Å²) in [4.78, 5) is 28.6. The molecule has 2 amide bonds. The van der Waals surface area contributed by atoms with E-state index >= 15 is 0 Å². The van der Waals surface area contributed by atoms with Crippen LogP contribution in [0, 0.1) is 5.41 Å². The quantitative estimate of drug-likeness (QED) is 0.743. The van der Waals surface area contributed by atoms with E-state index < -0.39 is 0 Å². The number of hydrogen-bond donors (Lipinski definition) is 2. The van der Waals surface area contributed by atoms with E-state index in [0.717, 1.165) is 6.42 Å². The minimum Gasteiger partial charge on any atom is -0.491 e. The topological polar surface area (TPSA) is 80.3 Å². The highest BCUT2D eigenvalue weighted by Crippen LogP contribution is 2.28. The van der Waals surface area contributed by atoms with Crippen molar-refractivity contribution in [3.8, 4) is 5.75 Å². The maximum atomic E-state index is 12.4. The second-order valence-corrected chi connectivity index (χ2v) is 8.03. The summed E-state index contributed by atoms with van der Waals surface area (Å²) < 4.78 is 5.74. The van der Waals surface area contributed by atoms with Crippen molar-refractivity contribution in [3.05, 3.63) is 35.3 Å². The molecule has 0 fully saturated rings. The van der Waals surface area contributed by atoms with E-state index in [0.29, 0.717) is 35.2 Å². The van der Waals surface area contributed by atoms with Gasteiger partial charge in [0.2, 0.25) is 5.91 Å². The van der Waals surface area contributed by atoms with Gasteiger partial charge in [-0.1, -0.05) is 27.7 Å². The predicted molar refractivity (Wildman–Crippen MR) is 105 cm³/mol. The van der Waals surface area contributed by atoms with Crippen molar-refractivity contribution in [2.45, 2.75) is 40.5 Å². The standard InChI is InChI=1S/C19H25N3O3S/c1-5-9-25-15-11-13(17(24)22-18-20-8-10-26-18)6-7-14(15)21-16(23)12-19(2,3)4/h6-8,10-11H,5,9,12H2,1-4H3,(H,21,23)(H,20,22,24). The first-order valence-corrected chi connectivity index (χ1v) is 9.44. The summed E-state index contributed by atoms with van der Waals surface area (Å²) in [5, 5.41) is 7.95. The van der Waals surface area contributed by atoms with Gasteiger partial charge in [0.25, 0.3) is 5.91 Å². The second kappa shape index (κ2) is 8.80. The number of nitrogens with one attached hydrogen (secondary N) is 2. The van der Waals surface area contributed by atoms with Gasteiger partial charge in [-0.05, 0) is 30.0 Å². The van der Waals surface area contributed by atoms with E-state index in [2.05, 4.69) is 15.6 Å². The molecule has 1 aromatic carbocycles. The Kier molecular flexibility index (Phi) is 6.74. The van der Waals surface area contributed by atoms with Gasteiger partial charge >= 0.3 is 0 Å². The van der Waals surface area contributed by atoms with E-state index in [-0.39, 0.29) is 17.2 Å². The number of aromatic nitrogens is 1. The Hall–Kier alpha value is -2.41. The van der Waals surface area contributed by atoms with E-state index in [9.17, 15) is 9.59 Å². The third-order valence-electron chi connectivity index (χ3n) is 3.32. The summed E-state index contributed by atoms with van der Waals surface area (Å²) in [5.74, 6) is 0.133. The van der Waals surface area contributed by atoms with Crippen molar-refractivity contribution in [1.29, 1.82) is 0 Å². The molecular formula is C19H25N3O3S. The van der Waals surface area contributed by atoms with E-state index in [4.69, 9.17) is 4.74 Å². The Morgan fingerprint density at radius 1 is 1.23 bits per heavy atom. The van der Waals surface area contributed by atoms with E-state index in [1.807, 2.05) is 27.7 Å². The first-order chi connectivity index (χ1) is 12.3. The van der Waals surface area contributed by atoms with Crippen molar-refractivity contribution in [2.24, 2.45) is 5.41 Å². The molecule has 0 saturated heterocycles. The lowest BCUT2D eigenvalue weighted by atomic mass is 9.92. The Morgan fingerprint density at radius 2 is 2.00 bits per heavy atom. The molecular weight excluding hydrogens is 350 g/mol. The van der Waals surface area contributed by atoms with Crippen molar-refractivity contribution >= 4 is 34.0 Å². The molecule has 140 valence electrons. The van der Waals surface area contributed by atoms with Crippen LogP contribution in [-0.4, -0.2) is 23.4 Å². The highest BCUT2D eigenvalue weighted by molar-refractivity contribution is 7.13. The van der Waals surface area contributed by atoms with E-state index in [1.54, 1.807) is 29.8 Å². The number of nitrogens with zero attached hydrogens (tertiary/aromatic N) is 1. The zero-order valence-electron chi connectivity index (χ0n) is 15.6. The van der Waals surface area contributed by atoms with Crippen molar-refractivity contribution in [2.75, 3.05) is 17.2 Å². The van der Waals surface area contributed by atoms with Crippen LogP contribution in [0.25, 0.3) is 0 Å². The molecule has 26 heavy (non-hydrogen) atoms. The summed E-state index contributed by atoms with van der Waals surface area (Å²) in [6.45, 7) is 8.52. The summed E-state index contributed by atoms with van der Waals surface area (Å²) in [6.07, 6.45) is 2.85. The van der Waals surface area contributed by atoms with Crippen LogP contribution in [0.2, 0.25) is 0 Å². The largest absolute Gasteiger partial charge is 0.491 e. The monoisotopic (exact) mass is 375 g/mol. The maximum absolute atomic E-state index is 12.4. The summed E-state index contributed by atoms with van der Waals surface area (Å²) >= 11 is 1.35. The molecule has 7 heteroatoms. The normalized spacial score (nSPS) is 11.1. The molecule has 0 aliphatic rings. The van der Waals surface area contributed by atoms with Crippen molar-refractivity contribution in [3.63, 3.8) is 0 Å². The number of rotatable bonds is 7. The minimum atomic E-state index is -0.270. The molecule has 2 aromatic rings. The van der Waals surface area contributed by atoms with Gasteiger partial charge < -0.3 is 10.1 Å². The zero-order chi connectivity index (χ0) is 19.2. The average molecular weight is 375 g/mol. The Morgan fingerprint density at radius 3 is 2.62 bits per heavy atom. The molecule has 1 aromatic heterocycles. The average Bonchev–Trinajstić information content (AvgIpc) is 3.05. The van der Waals surface area contributed by atoms with Crippen LogP contribution in [-0.2, 0) is 4.79 Å². The predicted octanol–water partition coefficient (Wildman–Crippen LogP) is 4.56. The number of benzene rings is 1. The van der Waals surface area contributed by atoms with Gasteiger partial charge in [-0.2, -0.15) is 0 Å². The summed E-state index contributed by atoms with van der Waals surface area (Å²) in [6, 6.07) is 5.00. The molecule has 0 saturated carbocycles. The van der Waals surface area contributed by atoms with Crippen LogP contribution in [0.5, 0.6) is 5.75 Å². The lowest BCUT2D eigenvalue weighted by Gasteiger charge is -2.19. The van der Waals surface area contributed by atoms with Gasteiger partial charge in [0.05, 0.1) is 12.3 Å². The molecule has 0 aliphatic carbocycles. The fourth-order valence-corrected chi connectivity index (χ4v) is 2.75. The Balaban J connectivity index is 2.17. The van der Waals surface area contributed by atoms with Gasteiger partial charge in [-0.3, -0.25) is 14.9 Å². The molecule has 0 atom stereocenters. The first kappa shape index (κ1) is 19.9. The number of thiazole rings is 1. The molecule has 2 N–H and O–H groups in total. The molecule has 6 nitrogen and oxygen atoms in total. The van der Waals surface area contributed by atoms with Gasteiger partial charge in [-0.15, -0.1) is 11.3 Å². The third-order valence-corrected chi connectivity index (χ3v) is 4.01. The van der Waals surface area contributed by atoms with Crippen LogP contribution in [0.15, 0.2) is 29.8 Å². The van der Waals surface area contributed by atoms with Crippen LogP contribution < -0.4 is 15.4 Å². The minimum absolute atomic E-state index is 0.0844. The summed E-state index contributed by atoms with van der Waals surface area (Å²) in [7, 11) is 0. The number of ether oxygens (including phenoxy) is 1. The molecule has 0 spiro atoms. The number of carbonyl (C=O) groups is 2. The van der Waals surface area contributed by atoms with Crippen LogP contribution >= 0.6 is 11.3 Å². The Bertz CT molecular complexity index is 752. The fraction of sp³-hybridized carbons (Fsp3) is 0.421. The van der Waals surface area contributed by atoms with Gasteiger partial charge in [0.15, 0.2) is 5.13 Å². The molecule has 0 unspecified atom stereocenters. The van der Waals surface area contributed by atoms with Crippen molar-refractivity contribution < 1.29 is 14.3 Å². The number of anilines is 2. The highest BCUT2D eigenvalue weighted by Gasteiger charge is 2.18. The Labute approximate surface area is 158 Å². The number of carbonyl (C=O) groups excluding carboxylic acids is 2. The lowest BCUT2D eigenvalue weighted by molar-refractivity contribution is -0.117. The van der Waals surface area contributed by atoms with Gasteiger partial charge in [-0.25, -0.2) is 4.98 Å². The molecule has 1 heterocycles. The summed E-state index contributed by atoms with van der Waals surface area (Å²) in [5.41, 5.74) is 0.904. The van der Waals surface area contributed by atoms with Gasteiger partial charge in [0.1, 0.15) is 5.75 Å². The maximum Gasteiger partial charge on any atom is 0.257 e. The smallest absolute Gasteiger partial charge is 0.257 e. The molecule has 0 radical (unpaired) electrons. The zero-order valence-corrected chi connectivity index (χ0v) is 16.4. The second-order valence-electron chi connectivity index (χ2n) is 7.14. The molecule has 2 rings (SSSR count). The number of hydrogen-bond acceptors (Lipinski definition) is 5. The first-order valence-electron chi connectivity index (χ1n) is 8.56. The van der Waals surface area contributed by atoms with E-state index in [1.165, 1.54) is 11.3 Å². The van der Waals surface area contributed by atoms with Gasteiger partial charge in [0, 0.05) is 23.6 Å². The molecule has 0 bridgehead atoms. The lowest BCUT2D eigenvalue weighted by Crippen LogP contribution is -2.20. The fourth-order valence-electron chi connectivity index (χ4n) is 2.23. The van der Waals surface area contributed by atoms with Crippen LogP contribution in [0.4, 0.5) is 10.8 Å². The van der Waals surface area contributed by atoms with Crippen LogP contribution in [0.1, 0.15) is 50.9 Å². The van der Waals surface area contributed by atoms with Crippen molar-refractivity contribution in [1.82, 2.24) is 4.98 Å². The van der Waals surface area contributed by atoms with Crippen LogP contribution in [0.3, 0.4) is 0 Å².